The van der Waals surface area contributed by atoms with Gasteiger partial charge >= 0.3 is 17.9 Å². The van der Waals surface area contributed by atoms with Gasteiger partial charge in [0.2, 0.25) is 5.91 Å². The molecule has 1 fully saturated rings. The molecular formula is C22H25ClN2O7S. The van der Waals surface area contributed by atoms with Crippen LogP contribution in [0.25, 0.3) is 11.1 Å². The van der Waals surface area contributed by atoms with Crippen LogP contribution in [0.15, 0.2) is 30.3 Å². The third-order valence-electron chi connectivity index (χ3n) is 4.66. The van der Waals surface area contributed by atoms with Crippen molar-refractivity contribution in [2.45, 2.75) is 26.2 Å². The van der Waals surface area contributed by atoms with Crippen LogP contribution in [0, 0.1) is 0 Å². The number of hydrogen-bond acceptors (Lipinski definition) is 7. The first-order valence-electron chi connectivity index (χ1n) is 10.3. The summed E-state index contributed by atoms with van der Waals surface area (Å²) in [6.45, 7) is 4.18. The number of carboxylic acids is 2. The summed E-state index contributed by atoms with van der Waals surface area (Å²) in [7, 11) is 0. The van der Waals surface area contributed by atoms with Gasteiger partial charge in [0.25, 0.3) is 0 Å². The van der Waals surface area contributed by atoms with Gasteiger partial charge in [0, 0.05) is 5.56 Å². The quantitative estimate of drug-likeness (QED) is 0.406. The predicted octanol–water partition coefficient (Wildman–Crippen LogP) is 3.83. The maximum Gasteiger partial charge on any atom is 0.414 e. The molecule has 0 bridgehead atoms. The van der Waals surface area contributed by atoms with Gasteiger partial charge in [-0.1, -0.05) is 48.4 Å². The molecule has 3 rings (SSSR count). The molecule has 0 spiro atoms. The number of thiophene rings is 1. The second-order valence-corrected chi connectivity index (χ2v) is 8.66. The van der Waals surface area contributed by atoms with Crippen molar-refractivity contribution in [3.05, 3.63) is 40.2 Å². The summed E-state index contributed by atoms with van der Waals surface area (Å²) in [5.74, 6) is -4.27. The Morgan fingerprint density at radius 1 is 1.06 bits per heavy atom. The van der Waals surface area contributed by atoms with E-state index in [0.717, 1.165) is 31.5 Å². The lowest BCUT2D eigenvalue weighted by molar-refractivity contribution is -0.159. The van der Waals surface area contributed by atoms with Crippen molar-refractivity contribution < 1.29 is 34.1 Å². The Bertz CT molecular complexity index is 976. The average Bonchev–Trinajstić information content (AvgIpc) is 3.11. The molecule has 1 aliphatic heterocycles. The maximum atomic E-state index is 12.6. The first kappa shape index (κ1) is 26.3. The van der Waals surface area contributed by atoms with Crippen molar-refractivity contribution in [2.75, 3.05) is 31.6 Å². The van der Waals surface area contributed by atoms with Gasteiger partial charge in [0.05, 0.1) is 13.2 Å². The van der Waals surface area contributed by atoms with E-state index in [1.807, 2.05) is 30.3 Å². The lowest BCUT2D eigenvalue weighted by Gasteiger charge is -2.25. The number of rotatable bonds is 6. The smallest absolute Gasteiger partial charge is 0.414 e. The fraction of sp³-hybridized carbons (Fsp3) is 0.364. The minimum atomic E-state index is -1.82. The van der Waals surface area contributed by atoms with Gasteiger partial charge in [0.15, 0.2) is 0 Å². The number of aliphatic carboxylic acids is 2. The summed E-state index contributed by atoms with van der Waals surface area (Å²) in [6, 6.07) is 9.43. The number of carbonyl (C=O) groups excluding carboxylic acids is 2. The molecule has 2 aromatic rings. The summed E-state index contributed by atoms with van der Waals surface area (Å²) in [5, 5.41) is 18.1. The van der Waals surface area contributed by atoms with Crippen molar-refractivity contribution in [2.24, 2.45) is 0 Å². The molecule has 33 heavy (non-hydrogen) atoms. The average molecular weight is 497 g/mol. The van der Waals surface area contributed by atoms with Gasteiger partial charge in [-0.25, -0.2) is 14.4 Å². The normalized spacial score (nSPS) is 13.4. The van der Waals surface area contributed by atoms with E-state index in [9.17, 15) is 9.59 Å². The number of anilines is 1. The number of benzene rings is 1. The van der Waals surface area contributed by atoms with Gasteiger partial charge in [-0.2, -0.15) is 0 Å². The predicted molar refractivity (Wildman–Crippen MR) is 125 cm³/mol. The maximum absolute atomic E-state index is 12.6. The monoisotopic (exact) mass is 496 g/mol. The Hall–Kier alpha value is -2.95. The number of halogens is 1. The number of likely N-dealkylation sites (tertiary alicyclic amines) is 1. The van der Waals surface area contributed by atoms with Crippen LogP contribution in [0.5, 0.6) is 0 Å². The van der Waals surface area contributed by atoms with Gasteiger partial charge in [0.1, 0.15) is 14.9 Å². The molecular weight excluding hydrogens is 472 g/mol. The number of carboxylic acid groups (broad SMARTS) is 2. The molecule has 9 nitrogen and oxygen atoms in total. The molecule has 0 radical (unpaired) electrons. The van der Waals surface area contributed by atoms with E-state index in [-0.39, 0.29) is 12.5 Å². The Morgan fingerprint density at radius 2 is 1.67 bits per heavy atom. The molecule has 178 valence electrons. The Labute approximate surface area is 199 Å². The third-order valence-corrected chi connectivity index (χ3v) is 5.97. The van der Waals surface area contributed by atoms with E-state index >= 15 is 0 Å². The molecule has 1 aromatic heterocycles. The zero-order chi connectivity index (χ0) is 24.4. The molecule has 2 heterocycles. The van der Waals surface area contributed by atoms with Crippen LogP contribution in [0.1, 0.15) is 36.5 Å². The summed E-state index contributed by atoms with van der Waals surface area (Å²) in [6.07, 6.45) is 3.45. The minimum absolute atomic E-state index is 0.139. The first-order valence-corrected chi connectivity index (χ1v) is 11.5. The number of amides is 1. The van der Waals surface area contributed by atoms with Crippen molar-refractivity contribution in [1.29, 1.82) is 0 Å². The zero-order valence-electron chi connectivity index (χ0n) is 18.0. The van der Waals surface area contributed by atoms with Crippen molar-refractivity contribution in [3.63, 3.8) is 0 Å². The molecule has 3 N–H and O–H groups in total. The lowest BCUT2D eigenvalue weighted by atomic mass is 10.0. The molecule has 0 aliphatic carbocycles. The second kappa shape index (κ2) is 12.9. The molecule has 1 saturated heterocycles. The second-order valence-electron chi connectivity index (χ2n) is 7.04. The molecule has 0 unspecified atom stereocenters. The molecule has 0 saturated carbocycles. The van der Waals surface area contributed by atoms with Crippen molar-refractivity contribution in [1.82, 2.24) is 4.90 Å². The van der Waals surface area contributed by atoms with Crippen molar-refractivity contribution >= 4 is 51.8 Å². The lowest BCUT2D eigenvalue weighted by Crippen LogP contribution is -2.36. The van der Waals surface area contributed by atoms with E-state index in [2.05, 4.69) is 10.2 Å². The Kier molecular flexibility index (Phi) is 10.3. The van der Waals surface area contributed by atoms with Crippen LogP contribution >= 0.6 is 22.9 Å². The summed E-state index contributed by atoms with van der Waals surface area (Å²) >= 11 is 7.65. The Balaban J connectivity index is 0.000000569. The van der Waals surface area contributed by atoms with Gasteiger partial charge in [-0.3, -0.25) is 9.69 Å². The van der Waals surface area contributed by atoms with E-state index in [1.165, 1.54) is 17.8 Å². The van der Waals surface area contributed by atoms with Crippen LogP contribution in [-0.2, 0) is 19.1 Å². The van der Waals surface area contributed by atoms with Gasteiger partial charge in [-0.05, 0) is 38.4 Å². The standard InChI is InChI=1S/C20H23ClN2O3S.C2H2O4/c1-2-26-20(25)17-16(14-9-5-3-6-10-14)18(21)27-19(17)22-15(24)13-23-11-7-4-8-12-23;3-1(4)2(5)6/h3,5-6,9-10H,2,4,7-8,11-13H2,1H3,(H,22,24);(H,3,4)(H,5,6). The van der Waals surface area contributed by atoms with Crippen molar-refractivity contribution in [3.8, 4) is 11.1 Å². The highest BCUT2D eigenvalue weighted by atomic mass is 35.5. The van der Waals surface area contributed by atoms with Gasteiger partial charge in [-0.15, -0.1) is 11.3 Å². The number of nitrogens with zero attached hydrogens (tertiary/aromatic N) is 1. The summed E-state index contributed by atoms with van der Waals surface area (Å²) < 4.78 is 5.68. The molecule has 1 aliphatic rings. The zero-order valence-corrected chi connectivity index (χ0v) is 19.6. The number of carbonyl (C=O) groups is 4. The number of esters is 1. The highest BCUT2D eigenvalue weighted by Crippen LogP contribution is 2.43. The Morgan fingerprint density at radius 3 is 2.21 bits per heavy atom. The summed E-state index contributed by atoms with van der Waals surface area (Å²) in [4.78, 5) is 45.5. The van der Waals surface area contributed by atoms with E-state index in [4.69, 9.17) is 36.1 Å². The van der Waals surface area contributed by atoms with Gasteiger partial charge < -0.3 is 20.3 Å². The van der Waals surface area contributed by atoms with Crippen LogP contribution in [0.2, 0.25) is 4.34 Å². The van der Waals surface area contributed by atoms with E-state index < -0.39 is 17.9 Å². The SMILES string of the molecule is CCOC(=O)c1c(NC(=O)CN2CCCCC2)sc(Cl)c1-c1ccccc1.O=C(O)C(=O)O. The largest absolute Gasteiger partial charge is 0.473 e. The van der Waals surface area contributed by atoms with Crippen LogP contribution in [0.4, 0.5) is 5.00 Å². The van der Waals surface area contributed by atoms with Crippen LogP contribution in [0.3, 0.4) is 0 Å². The topological polar surface area (TPSA) is 133 Å². The molecule has 11 heteroatoms. The highest BCUT2D eigenvalue weighted by molar-refractivity contribution is 7.21. The summed E-state index contributed by atoms with van der Waals surface area (Å²) in [5.41, 5.74) is 1.75. The fourth-order valence-corrected chi connectivity index (χ4v) is 4.63. The number of hydrogen-bond donors (Lipinski definition) is 3. The fourth-order valence-electron chi connectivity index (χ4n) is 3.24. The molecule has 0 atom stereocenters. The minimum Gasteiger partial charge on any atom is -0.473 e. The van der Waals surface area contributed by atoms with E-state index in [0.29, 0.717) is 27.0 Å². The number of ether oxygens (including phenoxy) is 1. The first-order chi connectivity index (χ1) is 15.7. The number of nitrogens with one attached hydrogen (secondary N) is 1. The molecule has 1 aromatic carbocycles. The highest BCUT2D eigenvalue weighted by Gasteiger charge is 2.27. The number of piperidine rings is 1. The van der Waals surface area contributed by atoms with Crippen LogP contribution in [-0.4, -0.2) is 65.2 Å². The molecule has 1 amide bonds. The van der Waals surface area contributed by atoms with Crippen LogP contribution < -0.4 is 5.32 Å². The third kappa shape index (κ3) is 7.85. The van der Waals surface area contributed by atoms with E-state index in [1.54, 1.807) is 6.92 Å².